The van der Waals surface area contributed by atoms with Gasteiger partial charge in [0.05, 0.1) is 5.52 Å². The Balaban J connectivity index is 2.21. The third-order valence-corrected chi connectivity index (χ3v) is 2.54. The number of nitrogens with zero attached hydrogens (tertiary/aromatic N) is 1. The van der Waals surface area contributed by atoms with Gasteiger partial charge in [0.2, 0.25) is 0 Å². The molecule has 0 atom stereocenters. The highest BCUT2D eigenvalue weighted by atomic mass is 35.5. The van der Waals surface area contributed by atoms with E-state index in [0.29, 0.717) is 5.88 Å². The minimum atomic E-state index is 0.677. The Morgan fingerprint density at radius 2 is 2.19 bits per heavy atom. The molecule has 1 heterocycles. The van der Waals surface area contributed by atoms with Gasteiger partial charge in [-0.1, -0.05) is 17.9 Å². The highest BCUT2D eigenvalue weighted by Gasteiger charge is 1.93. The SMILES string of the molecule is ClCCCC#Cc1ccc2ncccc2c1. The van der Waals surface area contributed by atoms with Crippen LogP contribution in [0.25, 0.3) is 10.9 Å². The van der Waals surface area contributed by atoms with Gasteiger partial charge in [-0.3, -0.25) is 4.98 Å². The van der Waals surface area contributed by atoms with Gasteiger partial charge in [0.15, 0.2) is 0 Å². The Kier molecular flexibility index (Phi) is 3.80. The lowest BCUT2D eigenvalue weighted by Gasteiger charge is -1.96. The van der Waals surface area contributed by atoms with Crippen LogP contribution < -0.4 is 0 Å². The number of halogens is 1. The first kappa shape index (κ1) is 11.0. The maximum atomic E-state index is 5.59. The molecule has 1 nitrogen and oxygen atoms in total. The van der Waals surface area contributed by atoms with Crippen LogP contribution in [0.1, 0.15) is 18.4 Å². The Bertz CT molecular complexity index is 537. The van der Waals surface area contributed by atoms with Gasteiger partial charge >= 0.3 is 0 Å². The molecule has 0 unspecified atom stereocenters. The Hall–Kier alpha value is -1.52. The minimum Gasteiger partial charge on any atom is -0.256 e. The van der Waals surface area contributed by atoms with Crippen LogP contribution in [0.5, 0.6) is 0 Å². The van der Waals surface area contributed by atoms with E-state index in [9.17, 15) is 0 Å². The van der Waals surface area contributed by atoms with Crippen LogP contribution in [0, 0.1) is 11.8 Å². The Labute approximate surface area is 100 Å². The number of alkyl halides is 1. The van der Waals surface area contributed by atoms with Gasteiger partial charge in [-0.15, -0.1) is 11.6 Å². The topological polar surface area (TPSA) is 12.9 Å². The predicted molar refractivity (Wildman–Crippen MR) is 68.6 cm³/mol. The first-order valence-electron chi connectivity index (χ1n) is 5.30. The predicted octanol–water partition coefficient (Wildman–Crippen LogP) is 3.61. The van der Waals surface area contributed by atoms with Gasteiger partial charge in [0.25, 0.3) is 0 Å². The van der Waals surface area contributed by atoms with Gasteiger partial charge in [-0.25, -0.2) is 0 Å². The molecule has 1 aromatic carbocycles. The summed E-state index contributed by atoms with van der Waals surface area (Å²) < 4.78 is 0. The summed E-state index contributed by atoms with van der Waals surface area (Å²) in [5.74, 6) is 6.92. The van der Waals surface area contributed by atoms with E-state index in [1.165, 1.54) is 0 Å². The summed E-state index contributed by atoms with van der Waals surface area (Å²) >= 11 is 5.59. The lowest BCUT2D eigenvalue weighted by atomic mass is 10.1. The molecule has 0 radical (unpaired) electrons. The Morgan fingerprint density at radius 3 is 3.06 bits per heavy atom. The van der Waals surface area contributed by atoms with E-state index in [-0.39, 0.29) is 0 Å². The molecule has 0 fully saturated rings. The maximum absolute atomic E-state index is 5.59. The molecule has 1 aromatic heterocycles. The van der Waals surface area contributed by atoms with Crippen molar-refractivity contribution >= 4 is 22.5 Å². The van der Waals surface area contributed by atoms with E-state index in [1.54, 1.807) is 6.20 Å². The van der Waals surface area contributed by atoms with Crippen molar-refractivity contribution in [2.24, 2.45) is 0 Å². The molecule has 0 N–H and O–H groups in total. The average molecular weight is 230 g/mol. The molecule has 16 heavy (non-hydrogen) atoms. The second-order valence-electron chi connectivity index (χ2n) is 3.51. The number of pyridine rings is 1. The minimum absolute atomic E-state index is 0.677. The Morgan fingerprint density at radius 1 is 1.25 bits per heavy atom. The third-order valence-electron chi connectivity index (χ3n) is 2.27. The molecule has 0 bridgehead atoms. The smallest absolute Gasteiger partial charge is 0.0702 e. The average Bonchev–Trinajstić information content (AvgIpc) is 2.34. The largest absolute Gasteiger partial charge is 0.256 e. The molecule has 0 saturated carbocycles. The third kappa shape index (κ3) is 2.74. The zero-order valence-electron chi connectivity index (χ0n) is 8.91. The van der Waals surface area contributed by atoms with Crippen molar-refractivity contribution in [1.82, 2.24) is 4.98 Å². The van der Waals surface area contributed by atoms with Crippen molar-refractivity contribution in [3.8, 4) is 11.8 Å². The lowest BCUT2D eigenvalue weighted by Crippen LogP contribution is -1.80. The van der Waals surface area contributed by atoms with Crippen molar-refractivity contribution in [3.05, 3.63) is 42.1 Å². The van der Waals surface area contributed by atoms with Crippen LogP contribution in [0.3, 0.4) is 0 Å². The summed E-state index contributed by atoms with van der Waals surface area (Å²) in [4.78, 5) is 4.27. The van der Waals surface area contributed by atoms with Crippen LogP contribution in [0.4, 0.5) is 0 Å². The summed E-state index contributed by atoms with van der Waals surface area (Å²) in [5.41, 5.74) is 2.05. The molecule has 2 rings (SSSR count). The zero-order chi connectivity index (χ0) is 11.2. The monoisotopic (exact) mass is 229 g/mol. The van der Waals surface area contributed by atoms with Gasteiger partial charge in [-0.2, -0.15) is 0 Å². The second-order valence-corrected chi connectivity index (χ2v) is 3.88. The van der Waals surface area contributed by atoms with Crippen molar-refractivity contribution < 1.29 is 0 Å². The summed E-state index contributed by atoms with van der Waals surface area (Å²) in [7, 11) is 0. The number of rotatable bonds is 2. The number of unbranched alkanes of at least 4 members (excludes halogenated alkanes) is 1. The maximum Gasteiger partial charge on any atom is 0.0702 e. The van der Waals surface area contributed by atoms with Crippen LogP contribution in [-0.2, 0) is 0 Å². The van der Waals surface area contributed by atoms with E-state index in [2.05, 4.69) is 22.9 Å². The molecule has 80 valence electrons. The quantitative estimate of drug-likeness (QED) is 0.436. The molecule has 0 aliphatic carbocycles. The van der Waals surface area contributed by atoms with Crippen LogP contribution in [0.2, 0.25) is 0 Å². The summed E-state index contributed by atoms with van der Waals surface area (Å²) in [6, 6.07) is 10.1. The first-order valence-corrected chi connectivity index (χ1v) is 5.83. The molecule has 0 saturated heterocycles. The van der Waals surface area contributed by atoms with E-state index in [0.717, 1.165) is 29.3 Å². The number of fused-ring (bicyclic) bond motifs is 1. The van der Waals surface area contributed by atoms with Crippen molar-refractivity contribution in [1.29, 1.82) is 0 Å². The zero-order valence-corrected chi connectivity index (χ0v) is 9.67. The molecule has 0 aliphatic heterocycles. The standard InChI is InChI=1S/C14H12ClN/c15-9-3-1-2-5-12-7-8-14-13(11-12)6-4-10-16-14/h4,6-8,10-11H,1,3,9H2. The van der Waals surface area contributed by atoms with Gasteiger partial charge < -0.3 is 0 Å². The highest BCUT2D eigenvalue weighted by Crippen LogP contribution is 2.12. The first-order chi connectivity index (χ1) is 7.90. The molecular weight excluding hydrogens is 218 g/mol. The highest BCUT2D eigenvalue weighted by molar-refractivity contribution is 6.17. The van der Waals surface area contributed by atoms with E-state index >= 15 is 0 Å². The van der Waals surface area contributed by atoms with Crippen molar-refractivity contribution in [3.63, 3.8) is 0 Å². The number of hydrogen-bond donors (Lipinski definition) is 0. The fourth-order valence-corrected chi connectivity index (χ4v) is 1.61. The lowest BCUT2D eigenvalue weighted by molar-refractivity contribution is 0.991. The summed E-state index contributed by atoms with van der Waals surface area (Å²) in [6.07, 6.45) is 3.60. The van der Waals surface area contributed by atoms with Gasteiger partial charge in [-0.05, 0) is 30.7 Å². The van der Waals surface area contributed by atoms with E-state index < -0.39 is 0 Å². The molecule has 0 spiro atoms. The molecule has 0 aliphatic rings. The van der Waals surface area contributed by atoms with Crippen LogP contribution in [-0.4, -0.2) is 10.9 Å². The molecule has 2 heteroatoms. The molecule has 0 amide bonds. The summed E-state index contributed by atoms with van der Waals surface area (Å²) in [5, 5.41) is 1.13. The van der Waals surface area contributed by atoms with Gasteiger partial charge in [0.1, 0.15) is 0 Å². The van der Waals surface area contributed by atoms with E-state index in [1.807, 2.05) is 24.3 Å². The van der Waals surface area contributed by atoms with Crippen LogP contribution in [0.15, 0.2) is 36.5 Å². The fraction of sp³-hybridized carbons (Fsp3) is 0.214. The van der Waals surface area contributed by atoms with Crippen molar-refractivity contribution in [2.45, 2.75) is 12.8 Å². The number of benzene rings is 1. The summed E-state index contributed by atoms with van der Waals surface area (Å²) in [6.45, 7) is 0. The molecule has 2 aromatic rings. The second kappa shape index (κ2) is 5.53. The van der Waals surface area contributed by atoms with E-state index in [4.69, 9.17) is 11.6 Å². The molecular formula is C14H12ClN. The van der Waals surface area contributed by atoms with Crippen LogP contribution >= 0.6 is 11.6 Å². The van der Waals surface area contributed by atoms with Crippen molar-refractivity contribution in [2.75, 3.05) is 5.88 Å². The van der Waals surface area contributed by atoms with Gasteiger partial charge in [0, 0.05) is 29.4 Å². The normalized spacial score (nSPS) is 9.81. The number of hydrogen-bond acceptors (Lipinski definition) is 1. The number of aromatic nitrogens is 1. The fourth-order valence-electron chi connectivity index (χ4n) is 1.47.